The highest BCUT2D eigenvalue weighted by Crippen LogP contribution is 2.24. The van der Waals surface area contributed by atoms with Gasteiger partial charge in [-0.3, -0.25) is 4.79 Å². The van der Waals surface area contributed by atoms with Crippen LogP contribution in [-0.4, -0.2) is 46.1 Å². The van der Waals surface area contributed by atoms with Crippen molar-refractivity contribution in [1.29, 1.82) is 0 Å². The summed E-state index contributed by atoms with van der Waals surface area (Å²) in [5.74, 6) is -0.271. The molecule has 1 aliphatic rings. The number of carboxylic acid groups (broad SMARTS) is 1. The van der Waals surface area contributed by atoms with Gasteiger partial charge in [0.05, 0.1) is 5.88 Å². The van der Waals surface area contributed by atoms with Crippen LogP contribution in [0.3, 0.4) is 0 Å². The first-order valence-corrected chi connectivity index (χ1v) is 13.4. The number of hydrogen-bond donors (Lipinski definition) is 2. The average molecular weight is 461 g/mol. The van der Waals surface area contributed by atoms with Crippen molar-refractivity contribution in [2.45, 2.75) is 83.6 Å². The molecule has 178 valence electrons. The quantitative estimate of drug-likeness (QED) is 0.216. The fourth-order valence-electron chi connectivity index (χ4n) is 3.86. The third kappa shape index (κ3) is 9.68. The first-order valence-electron chi connectivity index (χ1n) is 12.2. The highest BCUT2D eigenvalue weighted by molar-refractivity contribution is 7.99. The molecule has 1 fully saturated rings. The van der Waals surface area contributed by atoms with Crippen molar-refractivity contribution in [2.24, 2.45) is 0 Å². The van der Waals surface area contributed by atoms with Gasteiger partial charge in [-0.05, 0) is 43.9 Å². The van der Waals surface area contributed by atoms with Crippen LogP contribution in [0.4, 0.5) is 5.69 Å². The highest BCUT2D eigenvalue weighted by atomic mass is 32.2. The second-order valence-corrected chi connectivity index (χ2v) is 9.51. The molecular formula is C26H40N2O3S. The molecule has 1 aromatic carbocycles. The number of nitrogens with zero attached hydrogens (tertiary/aromatic N) is 1. The van der Waals surface area contributed by atoms with E-state index in [2.05, 4.69) is 24.4 Å². The number of carboxylic acids is 1. The molecule has 2 N–H and O–H groups in total. The Bertz CT molecular complexity index is 723. The summed E-state index contributed by atoms with van der Waals surface area (Å²) in [4.78, 5) is 25.5. The van der Waals surface area contributed by atoms with Crippen LogP contribution in [0.2, 0.25) is 0 Å². The monoisotopic (exact) mass is 460 g/mol. The number of unbranched alkanes of at least 4 members (excludes halogenated alkanes) is 9. The highest BCUT2D eigenvalue weighted by Gasteiger charge is 2.34. The molecule has 6 heteroatoms. The predicted molar refractivity (Wildman–Crippen MR) is 135 cm³/mol. The Kier molecular flexibility index (Phi) is 13.0. The number of carbonyl (C=O) groups excluding carboxylic acids is 1. The summed E-state index contributed by atoms with van der Waals surface area (Å²) < 4.78 is 0. The number of carbonyl (C=O) groups is 2. The maximum absolute atomic E-state index is 12.7. The lowest BCUT2D eigenvalue weighted by Crippen LogP contribution is -2.41. The second-order valence-electron chi connectivity index (χ2n) is 8.51. The van der Waals surface area contributed by atoms with Crippen LogP contribution in [0.15, 0.2) is 36.4 Å². The lowest BCUT2D eigenvalue weighted by molar-refractivity contribution is -0.140. The molecule has 32 heavy (non-hydrogen) atoms. The maximum Gasteiger partial charge on any atom is 0.327 e. The van der Waals surface area contributed by atoms with E-state index in [1.807, 2.05) is 18.2 Å². The van der Waals surface area contributed by atoms with E-state index in [1.165, 1.54) is 74.4 Å². The van der Waals surface area contributed by atoms with Crippen molar-refractivity contribution in [2.75, 3.05) is 23.5 Å². The molecule has 2 rings (SSSR count). The Hall–Kier alpha value is -1.95. The molecule has 0 saturated carbocycles. The van der Waals surface area contributed by atoms with Crippen LogP contribution in [-0.2, 0) is 4.79 Å². The molecule has 1 saturated heterocycles. The topological polar surface area (TPSA) is 69.6 Å². The minimum Gasteiger partial charge on any atom is -0.480 e. The van der Waals surface area contributed by atoms with E-state index >= 15 is 0 Å². The first kappa shape index (κ1) is 26.3. The van der Waals surface area contributed by atoms with E-state index in [-0.39, 0.29) is 5.91 Å². The van der Waals surface area contributed by atoms with Gasteiger partial charge in [-0.25, -0.2) is 4.79 Å². The largest absolute Gasteiger partial charge is 0.480 e. The van der Waals surface area contributed by atoms with Crippen LogP contribution in [0.25, 0.3) is 0 Å². The molecule has 0 spiro atoms. The standard InChI is InChI=1S/C26H40N2O3S/c1-2-3-4-5-6-7-8-9-10-11-12-13-14-18-27-23-17-15-16-22(19-23)25(29)28-21-32-20-24(28)26(30)31/h11-12,15-17,19,24,27H,2-10,13-14,18,20-21H2,1H3,(H,30,31)/b12-11+. The lowest BCUT2D eigenvalue weighted by atomic mass is 10.1. The first-order chi connectivity index (χ1) is 15.6. The minimum absolute atomic E-state index is 0.213. The number of nitrogens with one attached hydrogen (secondary N) is 1. The lowest BCUT2D eigenvalue weighted by Gasteiger charge is -2.20. The third-order valence-corrected chi connectivity index (χ3v) is 6.82. The SMILES string of the molecule is CCCCCCCCCC/C=C/CCCNc1cccc(C(=O)N2CSCC2C(=O)O)c1. The number of rotatable bonds is 16. The van der Waals surface area contributed by atoms with Crippen molar-refractivity contribution in [3.63, 3.8) is 0 Å². The Balaban J connectivity index is 1.58. The van der Waals surface area contributed by atoms with E-state index in [1.54, 1.807) is 6.07 Å². The summed E-state index contributed by atoms with van der Waals surface area (Å²) >= 11 is 1.48. The van der Waals surface area contributed by atoms with Gasteiger partial charge in [-0.1, -0.05) is 70.1 Å². The molecule has 5 nitrogen and oxygen atoms in total. The van der Waals surface area contributed by atoms with Crippen LogP contribution in [0, 0.1) is 0 Å². The number of aliphatic carboxylic acids is 1. The number of hydrogen-bond acceptors (Lipinski definition) is 4. The molecule has 1 atom stereocenters. The van der Waals surface area contributed by atoms with Gasteiger partial charge in [0, 0.05) is 23.5 Å². The summed E-state index contributed by atoms with van der Waals surface area (Å²) in [6.07, 6.45) is 18.7. The fourth-order valence-corrected chi connectivity index (χ4v) is 5.00. The van der Waals surface area contributed by atoms with Crippen LogP contribution in [0.5, 0.6) is 0 Å². The van der Waals surface area contributed by atoms with Gasteiger partial charge in [0.2, 0.25) is 0 Å². The smallest absolute Gasteiger partial charge is 0.327 e. The molecule has 1 unspecified atom stereocenters. The Morgan fingerprint density at radius 3 is 2.47 bits per heavy atom. The number of benzene rings is 1. The van der Waals surface area contributed by atoms with E-state index in [9.17, 15) is 14.7 Å². The summed E-state index contributed by atoms with van der Waals surface area (Å²) in [5.41, 5.74) is 1.44. The fraction of sp³-hybridized carbons (Fsp3) is 0.615. The summed E-state index contributed by atoms with van der Waals surface area (Å²) in [6.45, 7) is 3.11. The zero-order valence-electron chi connectivity index (χ0n) is 19.6. The zero-order valence-corrected chi connectivity index (χ0v) is 20.4. The molecular weight excluding hydrogens is 420 g/mol. The zero-order chi connectivity index (χ0) is 23.0. The maximum atomic E-state index is 12.7. The van der Waals surface area contributed by atoms with Gasteiger partial charge < -0.3 is 15.3 Å². The van der Waals surface area contributed by atoms with Crippen LogP contribution < -0.4 is 5.32 Å². The minimum atomic E-state index is -0.937. The Morgan fingerprint density at radius 2 is 1.75 bits per heavy atom. The van der Waals surface area contributed by atoms with Gasteiger partial charge in [0.25, 0.3) is 5.91 Å². The van der Waals surface area contributed by atoms with Crippen LogP contribution >= 0.6 is 11.8 Å². The van der Waals surface area contributed by atoms with E-state index in [0.29, 0.717) is 17.2 Å². The third-order valence-electron chi connectivity index (χ3n) is 5.81. The van der Waals surface area contributed by atoms with E-state index in [4.69, 9.17) is 0 Å². The molecule has 1 heterocycles. The van der Waals surface area contributed by atoms with Crippen molar-refractivity contribution < 1.29 is 14.7 Å². The summed E-state index contributed by atoms with van der Waals surface area (Å²) in [6, 6.07) is 6.63. The molecule has 0 radical (unpaired) electrons. The van der Waals surface area contributed by atoms with Gasteiger partial charge in [-0.2, -0.15) is 0 Å². The van der Waals surface area contributed by atoms with Crippen molar-refractivity contribution >= 4 is 29.3 Å². The molecule has 0 aromatic heterocycles. The Labute approximate surface area is 198 Å². The van der Waals surface area contributed by atoms with Gasteiger partial charge in [0.15, 0.2) is 0 Å². The summed E-state index contributed by atoms with van der Waals surface area (Å²) in [7, 11) is 0. The second kappa shape index (κ2) is 15.8. The molecule has 1 aliphatic heterocycles. The molecule has 0 bridgehead atoms. The van der Waals surface area contributed by atoms with Crippen molar-refractivity contribution in [3.8, 4) is 0 Å². The normalized spacial score (nSPS) is 16.0. The number of allylic oxidation sites excluding steroid dienone is 2. The summed E-state index contributed by atoms with van der Waals surface area (Å²) in [5, 5.41) is 12.7. The van der Waals surface area contributed by atoms with E-state index < -0.39 is 12.0 Å². The van der Waals surface area contributed by atoms with Crippen LogP contribution in [0.1, 0.15) is 87.9 Å². The predicted octanol–water partition coefficient (Wildman–Crippen LogP) is 6.57. The number of amides is 1. The van der Waals surface area contributed by atoms with Gasteiger partial charge >= 0.3 is 5.97 Å². The van der Waals surface area contributed by atoms with Gasteiger partial charge in [0.1, 0.15) is 6.04 Å². The molecule has 1 amide bonds. The molecule has 1 aromatic rings. The van der Waals surface area contributed by atoms with Crippen molar-refractivity contribution in [3.05, 3.63) is 42.0 Å². The molecule has 0 aliphatic carbocycles. The van der Waals surface area contributed by atoms with Gasteiger partial charge in [-0.15, -0.1) is 11.8 Å². The van der Waals surface area contributed by atoms with E-state index in [0.717, 1.165) is 25.1 Å². The number of thioether (sulfide) groups is 1. The number of anilines is 1. The Morgan fingerprint density at radius 1 is 1.06 bits per heavy atom. The average Bonchev–Trinajstić information content (AvgIpc) is 3.29. The van der Waals surface area contributed by atoms with Crippen molar-refractivity contribution in [1.82, 2.24) is 4.90 Å².